The summed E-state index contributed by atoms with van der Waals surface area (Å²) in [6.07, 6.45) is 0.113. The van der Waals surface area contributed by atoms with Gasteiger partial charge >= 0.3 is 0 Å². The SMILES string of the molecule is CC(=O)N(CC(=O)N[C@@H](Cc1ccc(O)cc1)C(N)=O)c1ccc(O)c(O)c1. The second-order valence-electron chi connectivity index (χ2n) is 6.17. The van der Waals surface area contributed by atoms with E-state index in [0.29, 0.717) is 5.56 Å². The minimum absolute atomic E-state index is 0.0673. The van der Waals surface area contributed by atoms with E-state index in [2.05, 4.69) is 5.32 Å². The number of carbonyl (C=O) groups is 3. The van der Waals surface area contributed by atoms with E-state index in [-0.39, 0.29) is 23.6 Å². The van der Waals surface area contributed by atoms with Crippen LogP contribution < -0.4 is 16.0 Å². The summed E-state index contributed by atoms with van der Waals surface area (Å²) in [5, 5.41) is 30.8. The highest BCUT2D eigenvalue weighted by molar-refractivity contribution is 5.98. The number of benzene rings is 2. The minimum Gasteiger partial charge on any atom is -0.508 e. The van der Waals surface area contributed by atoms with Gasteiger partial charge in [-0.2, -0.15) is 0 Å². The van der Waals surface area contributed by atoms with Gasteiger partial charge in [-0.1, -0.05) is 12.1 Å². The predicted molar refractivity (Wildman–Crippen MR) is 101 cm³/mol. The van der Waals surface area contributed by atoms with Gasteiger partial charge in [-0.3, -0.25) is 14.4 Å². The number of nitrogens with zero attached hydrogens (tertiary/aromatic N) is 1. The lowest BCUT2D eigenvalue weighted by atomic mass is 10.1. The van der Waals surface area contributed by atoms with E-state index >= 15 is 0 Å². The fourth-order valence-corrected chi connectivity index (χ4v) is 2.54. The summed E-state index contributed by atoms with van der Waals surface area (Å²) in [6, 6.07) is 8.78. The van der Waals surface area contributed by atoms with Crippen LogP contribution in [0.1, 0.15) is 12.5 Å². The van der Waals surface area contributed by atoms with Gasteiger partial charge in [-0.05, 0) is 29.8 Å². The Labute approximate surface area is 161 Å². The third-order valence-electron chi connectivity index (χ3n) is 4.01. The first-order valence-corrected chi connectivity index (χ1v) is 8.34. The Morgan fingerprint density at radius 2 is 1.68 bits per heavy atom. The Kier molecular flexibility index (Phi) is 6.43. The van der Waals surface area contributed by atoms with Gasteiger partial charge in [0.1, 0.15) is 18.3 Å². The molecule has 0 heterocycles. The summed E-state index contributed by atoms with van der Waals surface area (Å²) in [7, 11) is 0. The maximum Gasteiger partial charge on any atom is 0.240 e. The standard InChI is InChI=1S/C19H21N3O6/c1-11(23)22(13-4-7-16(25)17(26)9-13)10-18(27)21-15(19(20)28)8-12-2-5-14(24)6-3-12/h2-7,9,15,24-26H,8,10H2,1H3,(H2,20,28)(H,21,27)/t15-/m0/s1. The van der Waals surface area contributed by atoms with Crippen molar-refractivity contribution in [3.63, 3.8) is 0 Å². The van der Waals surface area contributed by atoms with Gasteiger partial charge in [0.25, 0.3) is 0 Å². The average molecular weight is 387 g/mol. The van der Waals surface area contributed by atoms with Crippen molar-refractivity contribution in [3.05, 3.63) is 48.0 Å². The Bertz CT molecular complexity index is 882. The first-order chi connectivity index (χ1) is 13.2. The first-order valence-electron chi connectivity index (χ1n) is 8.34. The Morgan fingerprint density at radius 3 is 2.21 bits per heavy atom. The van der Waals surface area contributed by atoms with Crippen LogP contribution in [0.2, 0.25) is 0 Å². The molecule has 1 atom stereocenters. The van der Waals surface area contributed by atoms with Gasteiger partial charge in [0.05, 0.1) is 0 Å². The van der Waals surface area contributed by atoms with Crippen molar-refractivity contribution in [2.24, 2.45) is 5.73 Å². The van der Waals surface area contributed by atoms with Crippen LogP contribution >= 0.6 is 0 Å². The highest BCUT2D eigenvalue weighted by Gasteiger charge is 2.22. The molecule has 2 aromatic rings. The number of hydrogen-bond donors (Lipinski definition) is 5. The molecular weight excluding hydrogens is 366 g/mol. The van der Waals surface area contributed by atoms with Crippen LogP contribution in [0.4, 0.5) is 5.69 Å². The number of nitrogens with two attached hydrogens (primary N) is 1. The van der Waals surface area contributed by atoms with Crippen LogP contribution in [-0.4, -0.2) is 45.6 Å². The Balaban J connectivity index is 2.10. The number of rotatable bonds is 7. The lowest BCUT2D eigenvalue weighted by molar-refractivity contribution is -0.127. The van der Waals surface area contributed by atoms with Crippen molar-refractivity contribution >= 4 is 23.4 Å². The molecule has 2 aromatic carbocycles. The fraction of sp³-hybridized carbons (Fsp3) is 0.211. The molecule has 9 nitrogen and oxygen atoms in total. The van der Waals surface area contributed by atoms with E-state index in [0.717, 1.165) is 11.0 Å². The van der Waals surface area contributed by atoms with Gasteiger partial charge < -0.3 is 31.3 Å². The molecular formula is C19H21N3O6. The van der Waals surface area contributed by atoms with E-state index in [4.69, 9.17) is 5.73 Å². The van der Waals surface area contributed by atoms with Crippen molar-refractivity contribution in [2.45, 2.75) is 19.4 Å². The molecule has 0 fully saturated rings. The van der Waals surface area contributed by atoms with Crippen molar-refractivity contribution in [2.75, 3.05) is 11.4 Å². The molecule has 9 heteroatoms. The number of aromatic hydroxyl groups is 3. The summed E-state index contributed by atoms with van der Waals surface area (Å²) < 4.78 is 0. The molecule has 6 N–H and O–H groups in total. The number of phenols is 3. The normalized spacial score (nSPS) is 11.5. The van der Waals surface area contributed by atoms with Crippen LogP contribution in [0, 0.1) is 0 Å². The first kappa shape index (κ1) is 20.6. The second-order valence-corrected chi connectivity index (χ2v) is 6.17. The topological polar surface area (TPSA) is 153 Å². The maximum absolute atomic E-state index is 12.4. The van der Waals surface area contributed by atoms with Gasteiger partial charge in [-0.25, -0.2) is 0 Å². The minimum atomic E-state index is -1.01. The molecule has 0 radical (unpaired) electrons. The van der Waals surface area contributed by atoms with Crippen molar-refractivity contribution < 1.29 is 29.7 Å². The molecule has 0 aliphatic rings. The number of phenolic OH excluding ortho intramolecular Hbond substituents is 3. The van der Waals surface area contributed by atoms with Crippen LogP contribution in [0.3, 0.4) is 0 Å². The quantitative estimate of drug-likeness (QED) is 0.433. The van der Waals surface area contributed by atoms with Crippen LogP contribution in [0.25, 0.3) is 0 Å². The summed E-state index contributed by atoms with van der Waals surface area (Å²) in [5.74, 6) is -2.60. The van der Waals surface area contributed by atoms with Gasteiger partial charge in [-0.15, -0.1) is 0 Å². The molecule has 0 saturated heterocycles. The molecule has 0 bridgehead atoms. The summed E-state index contributed by atoms with van der Waals surface area (Å²) >= 11 is 0. The number of carbonyl (C=O) groups excluding carboxylic acids is 3. The van der Waals surface area contributed by atoms with Crippen molar-refractivity contribution in [3.8, 4) is 17.2 Å². The van der Waals surface area contributed by atoms with Crippen LogP contribution in [-0.2, 0) is 20.8 Å². The predicted octanol–water partition coefficient (Wildman–Crippen LogP) is 0.369. The van der Waals surface area contributed by atoms with Gasteiger partial charge in [0.15, 0.2) is 11.5 Å². The molecule has 2 rings (SSSR count). The second kappa shape index (κ2) is 8.76. The number of nitrogens with one attached hydrogen (secondary N) is 1. The molecule has 0 unspecified atom stereocenters. The fourth-order valence-electron chi connectivity index (χ4n) is 2.54. The third-order valence-corrected chi connectivity index (χ3v) is 4.01. The Hall–Kier alpha value is -3.75. The van der Waals surface area contributed by atoms with E-state index in [1.165, 1.54) is 31.2 Å². The molecule has 0 aliphatic carbocycles. The Morgan fingerprint density at radius 1 is 1.04 bits per heavy atom. The lowest BCUT2D eigenvalue weighted by Gasteiger charge is -2.23. The smallest absolute Gasteiger partial charge is 0.240 e. The summed E-state index contributed by atoms with van der Waals surface area (Å²) in [5.41, 5.74) is 6.23. The largest absolute Gasteiger partial charge is 0.508 e. The molecule has 0 saturated carbocycles. The molecule has 0 aliphatic heterocycles. The number of amides is 3. The number of hydrogen-bond acceptors (Lipinski definition) is 6. The van der Waals surface area contributed by atoms with Crippen LogP contribution in [0.5, 0.6) is 17.2 Å². The summed E-state index contributed by atoms with van der Waals surface area (Å²) in [4.78, 5) is 37.1. The molecule has 148 valence electrons. The zero-order chi connectivity index (χ0) is 20.8. The summed E-state index contributed by atoms with van der Waals surface area (Å²) in [6.45, 7) is 0.818. The molecule has 28 heavy (non-hydrogen) atoms. The highest BCUT2D eigenvalue weighted by Crippen LogP contribution is 2.29. The molecule has 0 aromatic heterocycles. The molecule has 0 spiro atoms. The molecule has 3 amide bonds. The van der Waals surface area contributed by atoms with Gasteiger partial charge in [0.2, 0.25) is 17.7 Å². The number of anilines is 1. The monoisotopic (exact) mass is 387 g/mol. The zero-order valence-electron chi connectivity index (χ0n) is 15.1. The lowest BCUT2D eigenvalue weighted by Crippen LogP contribution is -2.49. The zero-order valence-corrected chi connectivity index (χ0v) is 15.1. The van der Waals surface area contributed by atoms with Crippen molar-refractivity contribution in [1.82, 2.24) is 5.32 Å². The van der Waals surface area contributed by atoms with Gasteiger partial charge in [0, 0.05) is 25.1 Å². The maximum atomic E-state index is 12.4. The third kappa shape index (κ3) is 5.37. The van der Waals surface area contributed by atoms with E-state index < -0.39 is 36.1 Å². The van der Waals surface area contributed by atoms with E-state index in [1.54, 1.807) is 12.1 Å². The highest BCUT2D eigenvalue weighted by atomic mass is 16.3. The van der Waals surface area contributed by atoms with Crippen LogP contribution in [0.15, 0.2) is 42.5 Å². The van der Waals surface area contributed by atoms with E-state index in [9.17, 15) is 29.7 Å². The van der Waals surface area contributed by atoms with E-state index in [1.807, 2.05) is 0 Å². The average Bonchev–Trinajstić information content (AvgIpc) is 2.63. The van der Waals surface area contributed by atoms with Crippen molar-refractivity contribution in [1.29, 1.82) is 0 Å². The number of primary amides is 1.